The molecule has 0 heterocycles. The standard InChI is InChI=1S/C12H16O3SSi/c1-15-11-5-7-12(8-6-11)16(13,14)9-10-17(2,3)4/h5-8H,1-4H3. The SMILES string of the molecule is COc1ccc(S(=O)(=O)C#C[Si](C)(C)C)cc1. The van der Waals surface area contributed by atoms with Gasteiger partial charge in [-0.1, -0.05) is 19.6 Å². The van der Waals surface area contributed by atoms with E-state index >= 15 is 0 Å². The van der Waals surface area contributed by atoms with Crippen molar-refractivity contribution < 1.29 is 13.2 Å². The molecule has 5 heteroatoms. The number of hydrogen-bond acceptors (Lipinski definition) is 3. The fourth-order valence-electron chi connectivity index (χ4n) is 1.03. The van der Waals surface area contributed by atoms with Crippen molar-refractivity contribution in [2.45, 2.75) is 24.5 Å². The molecule has 0 aliphatic heterocycles. The highest BCUT2D eigenvalue weighted by Crippen LogP contribution is 2.16. The molecular weight excluding hydrogens is 252 g/mol. The van der Waals surface area contributed by atoms with Gasteiger partial charge in [0.05, 0.1) is 12.0 Å². The first-order valence-electron chi connectivity index (χ1n) is 5.18. The van der Waals surface area contributed by atoms with Gasteiger partial charge >= 0.3 is 0 Å². The fraction of sp³-hybridized carbons (Fsp3) is 0.333. The lowest BCUT2D eigenvalue weighted by Gasteiger charge is -2.04. The van der Waals surface area contributed by atoms with Crippen LogP contribution in [-0.2, 0) is 9.84 Å². The number of methoxy groups -OCH3 is 1. The smallest absolute Gasteiger partial charge is 0.244 e. The summed E-state index contributed by atoms with van der Waals surface area (Å²) in [6.07, 6.45) is 0. The molecule has 0 aliphatic carbocycles. The van der Waals surface area contributed by atoms with Gasteiger partial charge in [-0.3, -0.25) is 0 Å². The van der Waals surface area contributed by atoms with Crippen LogP contribution in [-0.4, -0.2) is 23.6 Å². The van der Waals surface area contributed by atoms with E-state index in [9.17, 15) is 8.42 Å². The summed E-state index contributed by atoms with van der Waals surface area (Å²) in [7, 11) is -3.65. The third-order valence-corrected chi connectivity index (χ3v) is 4.25. The fourth-order valence-corrected chi connectivity index (χ4v) is 3.41. The van der Waals surface area contributed by atoms with Crippen LogP contribution in [0, 0.1) is 10.8 Å². The van der Waals surface area contributed by atoms with E-state index in [1.807, 2.05) is 19.6 Å². The Morgan fingerprint density at radius 3 is 2.06 bits per heavy atom. The summed E-state index contributed by atoms with van der Waals surface area (Å²) < 4.78 is 28.7. The number of benzene rings is 1. The van der Waals surface area contributed by atoms with E-state index in [-0.39, 0.29) is 4.90 Å². The second-order valence-electron chi connectivity index (χ2n) is 4.66. The van der Waals surface area contributed by atoms with E-state index in [1.54, 1.807) is 12.1 Å². The summed E-state index contributed by atoms with van der Waals surface area (Å²) in [4.78, 5) is 0.212. The Kier molecular flexibility index (Phi) is 4.01. The zero-order chi connectivity index (χ0) is 13.1. The molecular formula is C12H16O3SSi. The highest BCUT2D eigenvalue weighted by Gasteiger charge is 2.13. The highest BCUT2D eigenvalue weighted by molar-refractivity contribution is 7.96. The molecule has 92 valence electrons. The van der Waals surface area contributed by atoms with Crippen molar-refractivity contribution in [1.82, 2.24) is 0 Å². The van der Waals surface area contributed by atoms with Gasteiger partial charge in [-0.05, 0) is 24.3 Å². The lowest BCUT2D eigenvalue weighted by molar-refractivity contribution is 0.414. The minimum atomic E-state index is -3.50. The highest BCUT2D eigenvalue weighted by atomic mass is 32.2. The van der Waals surface area contributed by atoms with E-state index < -0.39 is 17.9 Å². The molecule has 0 aromatic heterocycles. The first-order valence-corrected chi connectivity index (χ1v) is 10.2. The lowest BCUT2D eigenvalue weighted by Crippen LogP contribution is -2.17. The van der Waals surface area contributed by atoms with E-state index in [4.69, 9.17) is 4.74 Å². The van der Waals surface area contributed by atoms with Gasteiger partial charge in [0.25, 0.3) is 0 Å². The van der Waals surface area contributed by atoms with Crippen LogP contribution in [0.15, 0.2) is 29.2 Å². The molecule has 0 atom stereocenters. The van der Waals surface area contributed by atoms with Crippen LogP contribution in [0.4, 0.5) is 0 Å². The molecule has 0 saturated heterocycles. The summed E-state index contributed by atoms with van der Waals surface area (Å²) >= 11 is 0. The van der Waals surface area contributed by atoms with Crippen LogP contribution in [0.3, 0.4) is 0 Å². The van der Waals surface area contributed by atoms with Crippen molar-refractivity contribution >= 4 is 17.9 Å². The number of ether oxygens (including phenoxy) is 1. The summed E-state index contributed by atoms with van der Waals surface area (Å²) in [5, 5.41) is 2.40. The van der Waals surface area contributed by atoms with Crippen molar-refractivity contribution in [3.8, 4) is 16.5 Å². The normalized spacial score (nSPS) is 11.5. The molecule has 1 aromatic rings. The molecule has 0 saturated carbocycles. The minimum absolute atomic E-state index is 0.212. The van der Waals surface area contributed by atoms with Gasteiger partial charge in [0.2, 0.25) is 9.84 Å². The van der Waals surface area contributed by atoms with Crippen LogP contribution in [0.2, 0.25) is 19.6 Å². The predicted molar refractivity (Wildman–Crippen MR) is 71.3 cm³/mol. The summed E-state index contributed by atoms with van der Waals surface area (Å²) in [5.41, 5.74) is 2.86. The van der Waals surface area contributed by atoms with Crippen LogP contribution < -0.4 is 4.74 Å². The lowest BCUT2D eigenvalue weighted by atomic mass is 10.3. The third-order valence-electron chi connectivity index (χ3n) is 1.93. The monoisotopic (exact) mass is 268 g/mol. The maximum absolute atomic E-state index is 11.9. The van der Waals surface area contributed by atoms with E-state index in [0.717, 1.165) is 0 Å². The molecule has 0 spiro atoms. The number of sulfone groups is 1. The Morgan fingerprint density at radius 2 is 1.65 bits per heavy atom. The molecule has 1 rings (SSSR count). The Balaban J connectivity index is 3.09. The first-order chi connectivity index (χ1) is 7.74. The minimum Gasteiger partial charge on any atom is -0.497 e. The van der Waals surface area contributed by atoms with E-state index in [2.05, 4.69) is 10.8 Å². The van der Waals surface area contributed by atoms with Gasteiger partial charge in [0.1, 0.15) is 13.8 Å². The van der Waals surface area contributed by atoms with Gasteiger partial charge < -0.3 is 4.74 Å². The molecule has 17 heavy (non-hydrogen) atoms. The maximum Gasteiger partial charge on any atom is 0.244 e. The van der Waals surface area contributed by atoms with Crippen molar-refractivity contribution in [2.75, 3.05) is 7.11 Å². The van der Waals surface area contributed by atoms with Gasteiger partial charge in [0, 0.05) is 5.25 Å². The van der Waals surface area contributed by atoms with Crippen molar-refractivity contribution in [2.24, 2.45) is 0 Å². The van der Waals surface area contributed by atoms with Crippen LogP contribution >= 0.6 is 0 Å². The molecule has 0 N–H and O–H groups in total. The quantitative estimate of drug-likeness (QED) is 0.610. The second kappa shape index (κ2) is 4.94. The zero-order valence-electron chi connectivity index (χ0n) is 10.4. The van der Waals surface area contributed by atoms with Gasteiger partial charge in [-0.2, -0.15) is 0 Å². The largest absolute Gasteiger partial charge is 0.497 e. The Morgan fingerprint density at radius 1 is 1.12 bits per heavy atom. The van der Waals surface area contributed by atoms with Gasteiger partial charge in [-0.25, -0.2) is 8.42 Å². The van der Waals surface area contributed by atoms with Crippen LogP contribution in [0.1, 0.15) is 0 Å². The maximum atomic E-state index is 11.9. The average Bonchev–Trinajstić information content (AvgIpc) is 2.26. The summed E-state index contributed by atoms with van der Waals surface area (Å²) in [6, 6.07) is 6.24. The first kappa shape index (κ1) is 13.8. The Hall–Kier alpha value is -1.25. The number of hydrogen-bond donors (Lipinski definition) is 0. The average molecular weight is 268 g/mol. The Bertz CT molecular complexity index is 542. The molecule has 1 aromatic carbocycles. The van der Waals surface area contributed by atoms with Crippen LogP contribution in [0.25, 0.3) is 0 Å². The third kappa shape index (κ3) is 4.25. The summed E-state index contributed by atoms with van der Waals surface area (Å²) in [6.45, 7) is 6.01. The number of rotatable bonds is 2. The second-order valence-corrected chi connectivity index (χ2v) is 11.1. The van der Waals surface area contributed by atoms with Crippen molar-refractivity contribution in [3.63, 3.8) is 0 Å². The molecule has 0 unspecified atom stereocenters. The van der Waals surface area contributed by atoms with Crippen LogP contribution in [0.5, 0.6) is 5.75 Å². The predicted octanol–water partition coefficient (Wildman–Crippen LogP) is 2.31. The molecule has 0 aliphatic rings. The topological polar surface area (TPSA) is 43.4 Å². The Labute approximate surface area is 104 Å². The molecule has 0 fully saturated rings. The molecule has 0 radical (unpaired) electrons. The van der Waals surface area contributed by atoms with E-state index in [1.165, 1.54) is 19.2 Å². The molecule has 0 bridgehead atoms. The zero-order valence-corrected chi connectivity index (χ0v) is 12.3. The van der Waals surface area contributed by atoms with Gasteiger partial charge in [0.15, 0.2) is 0 Å². The van der Waals surface area contributed by atoms with Gasteiger partial charge in [-0.15, -0.1) is 5.54 Å². The van der Waals surface area contributed by atoms with E-state index in [0.29, 0.717) is 5.75 Å². The molecule has 0 amide bonds. The molecule has 3 nitrogen and oxygen atoms in total. The van der Waals surface area contributed by atoms with Crippen molar-refractivity contribution in [1.29, 1.82) is 0 Å². The van der Waals surface area contributed by atoms with Crippen molar-refractivity contribution in [3.05, 3.63) is 24.3 Å². The summed E-state index contributed by atoms with van der Waals surface area (Å²) in [5.74, 6) is 0.627.